The van der Waals surface area contributed by atoms with Crippen LogP contribution in [-0.4, -0.2) is 37.7 Å². The fourth-order valence-electron chi connectivity index (χ4n) is 3.85. The number of nitrogens with zero attached hydrogens (tertiary/aromatic N) is 5. The van der Waals surface area contributed by atoms with E-state index in [0.29, 0.717) is 34.5 Å². The number of anilines is 2. The van der Waals surface area contributed by atoms with Gasteiger partial charge in [-0.1, -0.05) is 18.2 Å². The highest BCUT2D eigenvalue weighted by atomic mass is 16.5. The fourth-order valence-corrected chi connectivity index (χ4v) is 3.85. The van der Waals surface area contributed by atoms with E-state index >= 15 is 0 Å². The van der Waals surface area contributed by atoms with Crippen LogP contribution in [0, 0.1) is 0 Å². The maximum Gasteiger partial charge on any atom is 0.255 e. The number of fused-ring (bicyclic) bond motifs is 1. The van der Waals surface area contributed by atoms with Gasteiger partial charge in [0.2, 0.25) is 5.95 Å². The number of hydrogen-bond donors (Lipinski definition) is 2. The topological polar surface area (TPSA) is 107 Å². The van der Waals surface area contributed by atoms with Gasteiger partial charge in [0, 0.05) is 36.0 Å². The van der Waals surface area contributed by atoms with E-state index < -0.39 is 6.04 Å². The molecule has 1 unspecified atom stereocenters. The van der Waals surface area contributed by atoms with Crippen LogP contribution in [0.25, 0.3) is 11.4 Å². The largest absolute Gasteiger partial charge is 0.495 e. The smallest absolute Gasteiger partial charge is 0.255 e. The Bertz CT molecular complexity index is 1330. The van der Waals surface area contributed by atoms with E-state index in [1.54, 1.807) is 48.7 Å². The van der Waals surface area contributed by atoms with Crippen molar-refractivity contribution in [3.63, 3.8) is 0 Å². The number of amides is 1. The molecular formula is C24H21N7O2. The molecule has 4 aromatic rings. The van der Waals surface area contributed by atoms with Crippen molar-refractivity contribution >= 4 is 17.5 Å². The summed E-state index contributed by atoms with van der Waals surface area (Å²) in [6, 6.07) is 14.2. The Morgan fingerprint density at radius 3 is 2.64 bits per heavy atom. The van der Waals surface area contributed by atoms with E-state index in [9.17, 15) is 4.79 Å². The number of ether oxygens (including phenoxy) is 1. The number of benzene rings is 1. The number of hydrogen-bond acceptors (Lipinski definition) is 7. The van der Waals surface area contributed by atoms with Crippen LogP contribution in [-0.2, 0) is 4.79 Å². The van der Waals surface area contributed by atoms with Crippen LogP contribution < -0.4 is 15.4 Å². The molecule has 1 aromatic carbocycles. The lowest BCUT2D eigenvalue weighted by Crippen LogP contribution is -2.31. The second-order valence-corrected chi connectivity index (χ2v) is 7.45. The minimum Gasteiger partial charge on any atom is -0.495 e. The van der Waals surface area contributed by atoms with Crippen LogP contribution in [0.4, 0.5) is 11.6 Å². The summed E-state index contributed by atoms with van der Waals surface area (Å²) >= 11 is 0. The summed E-state index contributed by atoms with van der Waals surface area (Å²) in [6.07, 6.45) is 6.81. The molecule has 0 aliphatic carbocycles. The van der Waals surface area contributed by atoms with Gasteiger partial charge in [-0.15, -0.1) is 5.10 Å². The predicted octanol–water partition coefficient (Wildman–Crippen LogP) is 3.67. The molecule has 9 nitrogen and oxygen atoms in total. The van der Waals surface area contributed by atoms with Crippen LogP contribution in [0.3, 0.4) is 0 Å². The molecule has 1 aliphatic rings. The van der Waals surface area contributed by atoms with Crippen molar-refractivity contribution in [2.24, 2.45) is 0 Å². The van der Waals surface area contributed by atoms with Crippen LogP contribution >= 0.6 is 0 Å². The molecule has 0 saturated carbocycles. The van der Waals surface area contributed by atoms with E-state index in [2.05, 4.69) is 25.6 Å². The molecule has 0 saturated heterocycles. The lowest BCUT2D eigenvalue weighted by Gasteiger charge is -2.28. The van der Waals surface area contributed by atoms with Crippen molar-refractivity contribution < 1.29 is 9.53 Å². The van der Waals surface area contributed by atoms with Crippen LogP contribution in [0.1, 0.15) is 18.5 Å². The minimum atomic E-state index is -0.521. The average molecular weight is 439 g/mol. The molecule has 33 heavy (non-hydrogen) atoms. The Morgan fingerprint density at radius 1 is 1.06 bits per heavy atom. The van der Waals surface area contributed by atoms with Gasteiger partial charge >= 0.3 is 0 Å². The van der Waals surface area contributed by atoms with Crippen molar-refractivity contribution in [1.82, 2.24) is 24.7 Å². The van der Waals surface area contributed by atoms with Gasteiger partial charge in [-0.05, 0) is 42.8 Å². The van der Waals surface area contributed by atoms with Crippen molar-refractivity contribution in [3.05, 3.63) is 90.2 Å². The maximum absolute atomic E-state index is 13.6. The lowest BCUT2D eigenvalue weighted by molar-refractivity contribution is -0.113. The van der Waals surface area contributed by atoms with E-state index in [4.69, 9.17) is 9.84 Å². The van der Waals surface area contributed by atoms with Crippen molar-refractivity contribution in [1.29, 1.82) is 0 Å². The fraction of sp³-hybridized carbons (Fsp3) is 0.125. The number of allylic oxidation sites excluding steroid dienone is 1. The van der Waals surface area contributed by atoms with Crippen molar-refractivity contribution in [2.75, 3.05) is 17.7 Å². The maximum atomic E-state index is 13.6. The molecule has 164 valence electrons. The third-order valence-corrected chi connectivity index (χ3v) is 5.39. The Balaban J connectivity index is 1.59. The van der Waals surface area contributed by atoms with Gasteiger partial charge in [-0.25, -0.2) is 4.68 Å². The second-order valence-electron chi connectivity index (χ2n) is 7.45. The molecule has 0 radical (unpaired) electrons. The first kappa shape index (κ1) is 20.4. The number of pyridine rings is 2. The van der Waals surface area contributed by atoms with Crippen LogP contribution in [0.5, 0.6) is 5.75 Å². The monoisotopic (exact) mass is 439 g/mol. The van der Waals surface area contributed by atoms with Gasteiger partial charge in [-0.2, -0.15) is 4.98 Å². The first-order valence-corrected chi connectivity index (χ1v) is 10.3. The lowest BCUT2D eigenvalue weighted by atomic mass is 9.96. The summed E-state index contributed by atoms with van der Waals surface area (Å²) < 4.78 is 7.11. The summed E-state index contributed by atoms with van der Waals surface area (Å²) in [4.78, 5) is 26.5. The zero-order valence-electron chi connectivity index (χ0n) is 18.1. The van der Waals surface area contributed by atoms with Gasteiger partial charge in [0.05, 0.1) is 18.4 Å². The Morgan fingerprint density at radius 2 is 1.88 bits per heavy atom. The van der Waals surface area contributed by atoms with Gasteiger partial charge in [-0.3, -0.25) is 14.8 Å². The van der Waals surface area contributed by atoms with Gasteiger partial charge in [0.25, 0.3) is 5.91 Å². The Labute approximate surface area is 190 Å². The standard InChI is InChI=1S/C24H21N7O2/c1-15-20(23(32)28-18-7-3-4-8-19(18)33-2)21(17-6-5-11-26-14-17)31-24(27-15)29-22(30-31)16-9-12-25-13-10-16/h3-14,21H,1-2H3,(H,28,32)(H,27,29,30). The number of carbonyl (C=O) groups excluding carboxylic acids is 1. The van der Waals surface area contributed by atoms with Gasteiger partial charge in [0.1, 0.15) is 11.8 Å². The summed E-state index contributed by atoms with van der Waals surface area (Å²) in [5.74, 6) is 1.38. The summed E-state index contributed by atoms with van der Waals surface area (Å²) in [5.41, 5.74) is 3.41. The van der Waals surface area contributed by atoms with E-state index in [1.807, 2.05) is 43.3 Å². The number of rotatable bonds is 5. The molecule has 3 aromatic heterocycles. The van der Waals surface area contributed by atoms with E-state index in [-0.39, 0.29) is 5.91 Å². The van der Waals surface area contributed by atoms with Crippen molar-refractivity contribution in [3.8, 4) is 17.1 Å². The Kier molecular flexibility index (Phi) is 5.27. The number of nitrogens with one attached hydrogen (secondary N) is 2. The number of methoxy groups -OCH3 is 1. The Hall–Kier alpha value is -4.53. The highest BCUT2D eigenvalue weighted by molar-refractivity contribution is 6.06. The van der Waals surface area contributed by atoms with E-state index in [1.165, 1.54) is 0 Å². The predicted molar refractivity (Wildman–Crippen MR) is 124 cm³/mol. The molecule has 1 amide bonds. The average Bonchev–Trinajstić information content (AvgIpc) is 3.28. The SMILES string of the molecule is COc1ccccc1NC(=O)C1=C(C)Nc2nc(-c3ccncc3)nn2C1c1cccnc1. The molecule has 2 N–H and O–H groups in total. The summed E-state index contributed by atoms with van der Waals surface area (Å²) in [6.45, 7) is 1.85. The molecule has 4 heterocycles. The molecule has 0 fully saturated rings. The van der Waals surface area contributed by atoms with E-state index in [0.717, 1.165) is 11.1 Å². The molecular weight excluding hydrogens is 418 g/mol. The highest BCUT2D eigenvalue weighted by Gasteiger charge is 2.34. The molecule has 9 heteroatoms. The number of para-hydroxylation sites is 2. The van der Waals surface area contributed by atoms with Crippen LogP contribution in [0.2, 0.25) is 0 Å². The second kappa shape index (κ2) is 8.54. The first-order chi connectivity index (χ1) is 16.2. The normalized spacial score (nSPS) is 14.9. The zero-order chi connectivity index (χ0) is 22.8. The third kappa shape index (κ3) is 3.80. The minimum absolute atomic E-state index is 0.273. The number of aromatic nitrogens is 5. The number of carbonyl (C=O) groups is 1. The molecule has 0 bridgehead atoms. The van der Waals surface area contributed by atoms with Crippen LogP contribution in [0.15, 0.2) is 84.6 Å². The first-order valence-electron chi connectivity index (χ1n) is 10.3. The van der Waals surface area contributed by atoms with Gasteiger partial charge in [0.15, 0.2) is 5.82 Å². The highest BCUT2D eigenvalue weighted by Crippen LogP contribution is 2.37. The quantitative estimate of drug-likeness (QED) is 0.489. The zero-order valence-corrected chi connectivity index (χ0v) is 18.1. The third-order valence-electron chi connectivity index (χ3n) is 5.39. The summed E-state index contributed by atoms with van der Waals surface area (Å²) in [7, 11) is 1.57. The van der Waals surface area contributed by atoms with Gasteiger partial charge < -0.3 is 15.4 Å². The molecule has 0 spiro atoms. The molecule has 1 aliphatic heterocycles. The molecule has 1 atom stereocenters. The molecule has 5 rings (SSSR count). The van der Waals surface area contributed by atoms with Crippen molar-refractivity contribution in [2.45, 2.75) is 13.0 Å². The summed E-state index contributed by atoms with van der Waals surface area (Å²) in [5, 5.41) is 10.9.